The van der Waals surface area contributed by atoms with Gasteiger partial charge < -0.3 is 0 Å². The highest BCUT2D eigenvalue weighted by molar-refractivity contribution is 7.26. The first kappa shape index (κ1) is 22.2. The van der Waals surface area contributed by atoms with Crippen LogP contribution in [0.1, 0.15) is 50.6 Å². The summed E-state index contributed by atoms with van der Waals surface area (Å²) in [6.07, 6.45) is 3.13. The van der Waals surface area contributed by atoms with E-state index in [9.17, 15) is 0 Å². The van der Waals surface area contributed by atoms with Crippen molar-refractivity contribution >= 4 is 74.4 Å². The Balaban J connectivity index is 1.65. The Bertz CT molecular complexity index is 1700. The maximum atomic E-state index is 4.97. The van der Waals surface area contributed by atoms with Gasteiger partial charge in [-0.15, -0.1) is 34.0 Å². The van der Waals surface area contributed by atoms with Crippen LogP contribution in [0.4, 0.5) is 0 Å². The van der Waals surface area contributed by atoms with E-state index in [0.717, 1.165) is 12.1 Å². The minimum atomic E-state index is 0.0806. The van der Waals surface area contributed by atoms with Crippen LogP contribution in [0.15, 0.2) is 48.0 Å². The molecule has 0 aliphatic rings. The highest BCUT2D eigenvalue weighted by Crippen LogP contribution is 2.45. The number of nitrogens with zero attached hydrogens (tertiary/aromatic N) is 1. The lowest BCUT2D eigenvalue weighted by molar-refractivity contribution is 0.597. The van der Waals surface area contributed by atoms with Crippen LogP contribution in [0.25, 0.3) is 51.6 Å². The molecule has 0 spiro atoms. The van der Waals surface area contributed by atoms with Crippen LogP contribution in [-0.2, 0) is 11.8 Å². The molecule has 0 amide bonds. The van der Waals surface area contributed by atoms with Crippen molar-refractivity contribution in [1.29, 1.82) is 0 Å². The molecule has 0 N–H and O–H groups in total. The second-order valence-corrected chi connectivity index (χ2v) is 14.1. The number of aromatic nitrogens is 1. The standard InChI is InChI=1S/C30H29NS3/c1-16(2)11-20-17(3)33-25-15-22-26(14-21(20)25)34-24-7-9-31-28(27(22)24)19-12-18-8-10-32-29(18)23(13-19)30(4,5)6/h7-10,12-16H,11H2,1-6H3. The van der Waals surface area contributed by atoms with Gasteiger partial charge in [0, 0.05) is 46.2 Å². The Hall–Kier alpha value is -2.27. The molecular weight excluding hydrogens is 471 g/mol. The third-order valence-corrected chi connectivity index (χ3v) is 9.93. The molecule has 4 heterocycles. The maximum absolute atomic E-state index is 4.97. The average Bonchev–Trinajstić information content (AvgIpc) is 3.46. The summed E-state index contributed by atoms with van der Waals surface area (Å²) in [6.45, 7) is 13.8. The monoisotopic (exact) mass is 499 g/mol. The van der Waals surface area contributed by atoms with E-state index in [4.69, 9.17) is 4.98 Å². The zero-order chi connectivity index (χ0) is 23.8. The fraction of sp³-hybridized carbons (Fsp3) is 0.300. The van der Waals surface area contributed by atoms with Gasteiger partial charge in [0.25, 0.3) is 0 Å². The summed E-state index contributed by atoms with van der Waals surface area (Å²) in [4.78, 5) is 6.43. The van der Waals surface area contributed by atoms with Crippen LogP contribution in [0, 0.1) is 12.8 Å². The summed E-state index contributed by atoms with van der Waals surface area (Å²) < 4.78 is 5.49. The average molecular weight is 500 g/mol. The zero-order valence-corrected chi connectivity index (χ0v) is 23.0. The predicted octanol–water partition coefficient (Wildman–Crippen LogP) is 10.4. The van der Waals surface area contributed by atoms with E-state index < -0.39 is 0 Å². The van der Waals surface area contributed by atoms with E-state index >= 15 is 0 Å². The number of fused-ring (bicyclic) bond motifs is 5. The van der Waals surface area contributed by atoms with Crippen LogP contribution < -0.4 is 0 Å². The Kier molecular flexibility index (Phi) is 5.14. The summed E-state index contributed by atoms with van der Waals surface area (Å²) in [5, 5.41) is 7.62. The largest absolute Gasteiger partial charge is 0.256 e. The maximum Gasteiger partial charge on any atom is 0.0795 e. The Labute approximate surface area is 213 Å². The molecule has 0 aliphatic heterocycles. The lowest BCUT2D eigenvalue weighted by Crippen LogP contribution is -2.11. The summed E-state index contributed by atoms with van der Waals surface area (Å²) in [5.41, 5.74) is 5.35. The molecule has 0 saturated heterocycles. The van der Waals surface area contributed by atoms with Crippen molar-refractivity contribution in [2.24, 2.45) is 5.92 Å². The van der Waals surface area contributed by atoms with E-state index in [-0.39, 0.29) is 5.41 Å². The molecule has 0 saturated carbocycles. The van der Waals surface area contributed by atoms with Gasteiger partial charge >= 0.3 is 0 Å². The molecule has 172 valence electrons. The molecule has 6 rings (SSSR count). The van der Waals surface area contributed by atoms with Crippen molar-refractivity contribution in [2.75, 3.05) is 0 Å². The van der Waals surface area contributed by atoms with Gasteiger partial charge in [0.2, 0.25) is 0 Å². The SMILES string of the molecule is Cc1sc2cc3c(cc2c1CC(C)C)sc1ccnc(-c2cc(C(C)(C)C)c4sccc4c2)c13. The van der Waals surface area contributed by atoms with Crippen molar-refractivity contribution < 1.29 is 0 Å². The topological polar surface area (TPSA) is 12.9 Å². The van der Waals surface area contributed by atoms with E-state index in [0.29, 0.717) is 5.92 Å². The molecule has 0 atom stereocenters. The van der Waals surface area contributed by atoms with Crippen LogP contribution >= 0.6 is 34.0 Å². The van der Waals surface area contributed by atoms with E-state index in [1.54, 1.807) is 0 Å². The number of hydrogen-bond donors (Lipinski definition) is 0. The number of pyridine rings is 1. The quantitative estimate of drug-likeness (QED) is 0.236. The number of hydrogen-bond acceptors (Lipinski definition) is 4. The number of thiophene rings is 3. The highest BCUT2D eigenvalue weighted by atomic mass is 32.1. The summed E-state index contributed by atoms with van der Waals surface area (Å²) >= 11 is 5.69. The van der Waals surface area contributed by atoms with Crippen molar-refractivity contribution in [1.82, 2.24) is 4.98 Å². The Morgan fingerprint density at radius 2 is 1.68 bits per heavy atom. The van der Waals surface area contributed by atoms with Crippen molar-refractivity contribution in [3.63, 3.8) is 0 Å². The van der Waals surface area contributed by atoms with Crippen LogP contribution in [-0.4, -0.2) is 4.98 Å². The molecular formula is C30H29NS3. The van der Waals surface area contributed by atoms with Gasteiger partial charge in [-0.1, -0.05) is 34.6 Å². The third-order valence-electron chi connectivity index (χ3n) is 6.74. The molecule has 0 unspecified atom stereocenters. The third kappa shape index (κ3) is 3.50. The summed E-state index contributed by atoms with van der Waals surface area (Å²) in [6, 6.07) is 14.0. The van der Waals surface area contributed by atoms with Gasteiger partial charge in [-0.2, -0.15) is 0 Å². The molecule has 6 aromatic rings. The zero-order valence-electron chi connectivity index (χ0n) is 20.6. The molecule has 0 fully saturated rings. The van der Waals surface area contributed by atoms with Gasteiger partial charge in [0.05, 0.1) is 5.69 Å². The normalized spacial score (nSPS) is 12.8. The van der Waals surface area contributed by atoms with Crippen molar-refractivity contribution in [3.8, 4) is 11.3 Å². The molecule has 1 nitrogen and oxygen atoms in total. The molecule has 2 aromatic carbocycles. The lowest BCUT2D eigenvalue weighted by atomic mass is 9.85. The van der Waals surface area contributed by atoms with Gasteiger partial charge in [0.15, 0.2) is 0 Å². The van der Waals surface area contributed by atoms with Crippen LogP contribution in [0.2, 0.25) is 0 Å². The fourth-order valence-electron chi connectivity index (χ4n) is 5.14. The summed E-state index contributed by atoms with van der Waals surface area (Å²) in [5.74, 6) is 0.662. The van der Waals surface area contributed by atoms with Gasteiger partial charge in [0.1, 0.15) is 0 Å². The second kappa shape index (κ2) is 7.87. The first-order chi connectivity index (χ1) is 16.2. The molecule has 4 heteroatoms. The highest BCUT2D eigenvalue weighted by Gasteiger charge is 2.21. The Morgan fingerprint density at radius 1 is 0.912 bits per heavy atom. The van der Waals surface area contributed by atoms with Gasteiger partial charge in [-0.05, 0) is 88.4 Å². The smallest absolute Gasteiger partial charge is 0.0795 e. The van der Waals surface area contributed by atoms with Crippen molar-refractivity contribution in [3.05, 3.63) is 64.0 Å². The number of aryl methyl sites for hydroxylation is 1. The number of benzene rings is 2. The minimum absolute atomic E-state index is 0.0806. The van der Waals surface area contributed by atoms with Crippen LogP contribution in [0.3, 0.4) is 0 Å². The van der Waals surface area contributed by atoms with Crippen LogP contribution in [0.5, 0.6) is 0 Å². The first-order valence-corrected chi connectivity index (χ1v) is 14.5. The predicted molar refractivity (Wildman–Crippen MR) is 155 cm³/mol. The van der Waals surface area contributed by atoms with Gasteiger partial charge in [-0.3, -0.25) is 4.98 Å². The number of rotatable bonds is 3. The summed E-state index contributed by atoms with van der Waals surface area (Å²) in [7, 11) is 0. The lowest BCUT2D eigenvalue weighted by Gasteiger charge is -2.21. The molecule has 0 radical (unpaired) electrons. The fourth-order valence-corrected chi connectivity index (χ4v) is 8.48. The first-order valence-electron chi connectivity index (χ1n) is 12.0. The van der Waals surface area contributed by atoms with E-state index in [1.165, 1.54) is 61.9 Å². The van der Waals surface area contributed by atoms with E-state index in [1.807, 2.05) is 40.2 Å². The Morgan fingerprint density at radius 3 is 2.44 bits per heavy atom. The van der Waals surface area contributed by atoms with E-state index in [2.05, 4.69) is 83.3 Å². The van der Waals surface area contributed by atoms with Gasteiger partial charge in [-0.25, -0.2) is 0 Å². The molecule has 34 heavy (non-hydrogen) atoms. The van der Waals surface area contributed by atoms with Crippen molar-refractivity contribution in [2.45, 2.75) is 53.4 Å². The minimum Gasteiger partial charge on any atom is -0.256 e. The molecule has 4 aromatic heterocycles. The molecule has 0 aliphatic carbocycles. The molecule has 0 bridgehead atoms. The second-order valence-electron chi connectivity index (χ2n) is 10.8.